The van der Waals surface area contributed by atoms with Crippen molar-refractivity contribution >= 4 is 35.5 Å². The van der Waals surface area contributed by atoms with E-state index in [2.05, 4.69) is 15.5 Å². The molecule has 0 saturated heterocycles. The normalized spacial score (nSPS) is 10.9. The Morgan fingerprint density at radius 2 is 1.79 bits per heavy atom. The molecular weight excluding hydrogens is 408 g/mol. The van der Waals surface area contributed by atoms with Crippen molar-refractivity contribution in [3.05, 3.63) is 80.8 Å². The van der Waals surface area contributed by atoms with Gasteiger partial charge in [0.2, 0.25) is 0 Å². The number of benzene rings is 2. The SMILES string of the molecule is CC(C)n1c(CCNC(=O)c2ccccc2C(=O)c2ccc(Cl)cc2)n[nH]c1=S. The van der Waals surface area contributed by atoms with Crippen molar-refractivity contribution in [1.82, 2.24) is 20.1 Å². The summed E-state index contributed by atoms with van der Waals surface area (Å²) in [5, 5.41) is 10.4. The van der Waals surface area contributed by atoms with Crippen LogP contribution in [0.4, 0.5) is 0 Å². The molecule has 0 fully saturated rings. The van der Waals surface area contributed by atoms with E-state index < -0.39 is 0 Å². The van der Waals surface area contributed by atoms with Crippen molar-refractivity contribution in [1.29, 1.82) is 0 Å². The molecule has 0 aliphatic carbocycles. The highest BCUT2D eigenvalue weighted by atomic mass is 35.5. The van der Waals surface area contributed by atoms with Crippen LogP contribution in [0.2, 0.25) is 5.02 Å². The number of aromatic amines is 1. The van der Waals surface area contributed by atoms with Gasteiger partial charge < -0.3 is 9.88 Å². The first-order chi connectivity index (χ1) is 13.9. The van der Waals surface area contributed by atoms with Gasteiger partial charge in [-0.1, -0.05) is 29.8 Å². The number of amides is 1. The summed E-state index contributed by atoms with van der Waals surface area (Å²) in [6, 6.07) is 13.5. The van der Waals surface area contributed by atoms with E-state index in [-0.39, 0.29) is 17.7 Å². The standard InChI is InChI=1S/C21H21ClN4O2S/c1-13(2)26-18(24-25-21(26)29)11-12-23-20(28)17-6-4-3-5-16(17)19(27)14-7-9-15(22)10-8-14/h3-10,13H,11-12H2,1-2H3,(H,23,28)(H,25,29). The smallest absolute Gasteiger partial charge is 0.252 e. The Morgan fingerprint density at radius 1 is 1.14 bits per heavy atom. The Kier molecular flexibility index (Phi) is 6.61. The van der Waals surface area contributed by atoms with Gasteiger partial charge in [-0.2, -0.15) is 5.10 Å². The van der Waals surface area contributed by atoms with Crippen LogP contribution in [0.25, 0.3) is 0 Å². The van der Waals surface area contributed by atoms with Gasteiger partial charge in [-0.25, -0.2) is 0 Å². The van der Waals surface area contributed by atoms with E-state index in [1.54, 1.807) is 48.5 Å². The predicted octanol–water partition coefficient (Wildman–Crippen LogP) is 4.38. The van der Waals surface area contributed by atoms with Gasteiger partial charge in [0.1, 0.15) is 5.82 Å². The molecule has 3 aromatic rings. The van der Waals surface area contributed by atoms with E-state index in [4.69, 9.17) is 23.8 Å². The molecule has 0 aliphatic heterocycles. The summed E-state index contributed by atoms with van der Waals surface area (Å²) < 4.78 is 2.47. The number of carbonyl (C=O) groups excluding carboxylic acids is 2. The minimum atomic E-state index is -0.312. The topological polar surface area (TPSA) is 79.8 Å². The van der Waals surface area contributed by atoms with Crippen LogP contribution in [-0.2, 0) is 6.42 Å². The first-order valence-corrected chi connectivity index (χ1v) is 10.0. The third kappa shape index (κ3) is 4.81. The van der Waals surface area contributed by atoms with E-state index in [0.29, 0.717) is 39.4 Å². The number of hydrogen-bond donors (Lipinski definition) is 2. The number of H-pyrrole nitrogens is 1. The summed E-state index contributed by atoms with van der Waals surface area (Å²) in [6.07, 6.45) is 0.518. The van der Waals surface area contributed by atoms with Gasteiger partial charge in [0.15, 0.2) is 10.6 Å². The molecule has 29 heavy (non-hydrogen) atoms. The lowest BCUT2D eigenvalue weighted by molar-refractivity contribution is 0.0942. The number of hydrogen-bond acceptors (Lipinski definition) is 4. The number of nitrogens with one attached hydrogen (secondary N) is 2. The molecule has 0 spiro atoms. The van der Waals surface area contributed by atoms with Crippen molar-refractivity contribution < 1.29 is 9.59 Å². The maximum atomic E-state index is 12.8. The molecule has 3 rings (SSSR count). The van der Waals surface area contributed by atoms with Crippen LogP contribution < -0.4 is 5.32 Å². The third-order valence-electron chi connectivity index (χ3n) is 4.45. The summed E-state index contributed by atoms with van der Waals surface area (Å²) >= 11 is 11.1. The molecule has 0 atom stereocenters. The average Bonchev–Trinajstić information content (AvgIpc) is 3.08. The fourth-order valence-corrected chi connectivity index (χ4v) is 3.55. The minimum Gasteiger partial charge on any atom is -0.352 e. The molecule has 1 amide bonds. The molecule has 0 unspecified atom stereocenters. The second-order valence-electron chi connectivity index (χ2n) is 6.80. The number of nitrogens with zero attached hydrogens (tertiary/aromatic N) is 2. The molecule has 1 aromatic heterocycles. The van der Waals surface area contributed by atoms with E-state index in [0.717, 1.165) is 5.82 Å². The molecular formula is C21H21ClN4O2S. The molecule has 0 bridgehead atoms. The van der Waals surface area contributed by atoms with Gasteiger partial charge >= 0.3 is 0 Å². The fourth-order valence-electron chi connectivity index (χ4n) is 3.07. The van der Waals surface area contributed by atoms with Crippen molar-refractivity contribution in [2.45, 2.75) is 26.3 Å². The van der Waals surface area contributed by atoms with Crippen LogP contribution in [0.5, 0.6) is 0 Å². The predicted molar refractivity (Wildman–Crippen MR) is 115 cm³/mol. The van der Waals surface area contributed by atoms with Gasteiger partial charge in [-0.15, -0.1) is 0 Å². The second kappa shape index (κ2) is 9.15. The van der Waals surface area contributed by atoms with E-state index in [1.165, 1.54) is 0 Å². The van der Waals surface area contributed by atoms with Crippen molar-refractivity contribution in [3.8, 4) is 0 Å². The Balaban J connectivity index is 1.73. The first-order valence-electron chi connectivity index (χ1n) is 9.21. The number of rotatable bonds is 7. The van der Waals surface area contributed by atoms with Crippen molar-refractivity contribution in [2.24, 2.45) is 0 Å². The highest BCUT2D eigenvalue weighted by molar-refractivity contribution is 7.71. The molecule has 150 valence electrons. The van der Waals surface area contributed by atoms with Gasteiger partial charge in [0.25, 0.3) is 5.91 Å². The Bertz CT molecular complexity index is 1090. The Morgan fingerprint density at radius 3 is 2.45 bits per heavy atom. The summed E-state index contributed by atoms with van der Waals surface area (Å²) in [7, 11) is 0. The molecule has 2 aromatic carbocycles. The number of aromatic nitrogens is 3. The van der Waals surface area contributed by atoms with E-state index in [1.807, 2.05) is 18.4 Å². The highest BCUT2D eigenvalue weighted by Gasteiger charge is 2.18. The highest BCUT2D eigenvalue weighted by Crippen LogP contribution is 2.17. The summed E-state index contributed by atoms with van der Waals surface area (Å²) in [5.41, 5.74) is 1.15. The van der Waals surface area contributed by atoms with Gasteiger partial charge in [0, 0.05) is 35.2 Å². The lowest BCUT2D eigenvalue weighted by Gasteiger charge is -2.12. The molecule has 6 nitrogen and oxygen atoms in total. The van der Waals surface area contributed by atoms with Gasteiger partial charge in [-0.05, 0) is 56.4 Å². The number of halogens is 1. The maximum absolute atomic E-state index is 12.8. The van der Waals surface area contributed by atoms with E-state index in [9.17, 15) is 9.59 Å². The van der Waals surface area contributed by atoms with E-state index >= 15 is 0 Å². The molecule has 0 radical (unpaired) electrons. The third-order valence-corrected chi connectivity index (χ3v) is 4.99. The zero-order chi connectivity index (χ0) is 21.0. The quantitative estimate of drug-likeness (QED) is 0.432. The Hall–Kier alpha value is -2.77. The maximum Gasteiger partial charge on any atom is 0.252 e. The number of carbonyl (C=O) groups is 2. The fraction of sp³-hybridized carbons (Fsp3) is 0.238. The molecule has 1 heterocycles. The molecule has 0 saturated carbocycles. The lowest BCUT2D eigenvalue weighted by Crippen LogP contribution is -2.28. The Labute approximate surface area is 178 Å². The van der Waals surface area contributed by atoms with Crippen LogP contribution >= 0.6 is 23.8 Å². The largest absolute Gasteiger partial charge is 0.352 e. The van der Waals surface area contributed by atoms with Crippen LogP contribution in [0.15, 0.2) is 48.5 Å². The molecule has 8 heteroatoms. The van der Waals surface area contributed by atoms with Crippen LogP contribution in [0, 0.1) is 4.77 Å². The first kappa shape index (κ1) is 21.0. The summed E-state index contributed by atoms with van der Waals surface area (Å²) in [5.74, 6) is 0.233. The number of ketones is 1. The summed E-state index contributed by atoms with van der Waals surface area (Å²) in [6.45, 7) is 4.41. The summed E-state index contributed by atoms with van der Waals surface area (Å²) in [4.78, 5) is 25.6. The molecule has 0 aliphatic rings. The van der Waals surface area contributed by atoms with Crippen molar-refractivity contribution in [3.63, 3.8) is 0 Å². The van der Waals surface area contributed by atoms with Gasteiger partial charge in [-0.3, -0.25) is 14.7 Å². The van der Waals surface area contributed by atoms with Crippen molar-refractivity contribution in [2.75, 3.05) is 6.54 Å². The second-order valence-corrected chi connectivity index (χ2v) is 7.62. The minimum absolute atomic E-state index is 0.171. The average molecular weight is 429 g/mol. The lowest BCUT2D eigenvalue weighted by atomic mass is 9.98. The zero-order valence-corrected chi connectivity index (χ0v) is 17.7. The van der Waals surface area contributed by atoms with Crippen LogP contribution in [0.1, 0.15) is 52.0 Å². The molecule has 2 N–H and O–H groups in total. The van der Waals surface area contributed by atoms with Crippen LogP contribution in [-0.4, -0.2) is 33.0 Å². The van der Waals surface area contributed by atoms with Crippen LogP contribution in [0.3, 0.4) is 0 Å². The van der Waals surface area contributed by atoms with Gasteiger partial charge in [0.05, 0.1) is 5.56 Å². The monoisotopic (exact) mass is 428 g/mol. The zero-order valence-electron chi connectivity index (χ0n) is 16.1.